The minimum atomic E-state index is -3.87. The molecule has 1 saturated heterocycles. The number of sulfonamides is 1. The van der Waals surface area contributed by atoms with Gasteiger partial charge < -0.3 is 10.5 Å². The molecule has 0 bridgehead atoms. The Bertz CT molecular complexity index is 795. The number of benzene rings is 1. The monoisotopic (exact) mass is 398 g/mol. The first kappa shape index (κ1) is 21.2. The molecule has 24 heavy (non-hydrogen) atoms. The largest absolute Gasteiger partial charge is 0.495 e. The summed E-state index contributed by atoms with van der Waals surface area (Å²) < 4.78 is 55.9. The summed E-state index contributed by atoms with van der Waals surface area (Å²) in [6.07, 6.45) is 1.72. The summed E-state index contributed by atoms with van der Waals surface area (Å²) in [7, 11) is -6.04. The van der Waals surface area contributed by atoms with Gasteiger partial charge in [0.2, 0.25) is 10.0 Å². The zero-order valence-corrected chi connectivity index (χ0v) is 16.2. The second-order valence-corrected chi connectivity index (χ2v) is 9.72. The highest BCUT2D eigenvalue weighted by atomic mass is 35.5. The molecule has 2 atom stereocenters. The third-order valence-electron chi connectivity index (χ3n) is 4.09. The van der Waals surface area contributed by atoms with Gasteiger partial charge in [0, 0.05) is 18.8 Å². The second kappa shape index (κ2) is 7.57. The van der Waals surface area contributed by atoms with E-state index in [-0.39, 0.29) is 39.9 Å². The number of halogens is 1. The van der Waals surface area contributed by atoms with E-state index in [0.29, 0.717) is 19.5 Å². The molecule has 138 valence electrons. The predicted octanol–water partition coefficient (Wildman–Crippen LogP) is 0.878. The van der Waals surface area contributed by atoms with Gasteiger partial charge in [-0.3, -0.25) is 0 Å². The van der Waals surface area contributed by atoms with Gasteiger partial charge in [-0.05, 0) is 44.0 Å². The van der Waals surface area contributed by atoms with Crippen molar-refractivity contribution < 1.29 is 21.6 Å². The van der Waals surface area contributed by atoms with Crippen molar-refractivity contribution in [3.63, 3.8) is 0 Å². The van der Waals surface area contributed by atoms with Crippen molar-refractivity contribution in [2.45, 2.75) is 29.2 Å². The number of rotatable bonds is 5. The normalized spacial score (nSPS) is 22.2. The Morgan fingerprint density at radius 2 is 1.92 bits per heavy atom. The molecule has 2 unspecified atom stereocenters. The first-order chi connectivity index (χ1) is 10.6. The first-order valence-electron chi connectivity index (χ1n) is 7.21. The number of nitrogens with two attached hydrogens (primary N) is 1. The summed E-state index contributed by atoms with van der Waals surface area (Å²) in [5.74, 6) is 0.227. The average molecular weight is 399 g/mol. The van der Waals surface area contributed by atoms with Crippen LogP contribution >= 0.6 is 12.4 Å². The molecular formula is C14H23ClN2O5S2. The molecule has 2 N–H and O–H groups in total. The Balaban J connectivity index is 0.00000288. The SMILES string of the molecule is COc1ccc(S(C)(=O)=O)cc1S(=O)(=O)N1CC(CN)CC1C.Cl. The number of methoxy groups -OCH3 is 1. The Labute approximate surface area is 149 Å². The predicted molar refractivity (Wildman–Crippen MR) is 93.9 cm³/mol. The van der Waals surface area contributed by atoms with Crippen LogP contribution in [-0.2, 0) is 19.9 Å². The van der Waals surface area contributed by atoms with E-state index in [1.807, 2.05) is 6.92 Å². The van der Waals surface area contributed by atoms with Crippen molar-refractivity contribution in [1.82, 2.24) is 4.31 Å². The average Bonchev–Trinajstić information content (AvgIpc) is 2.87. The van der Waals surface area contributed by atoms with Gasteiger partial charge >= 0.3 is 0 Å². The van der Waals surface area contributed by atoms with Crippen LogP contribution in [0.3, 0.4) is 0 Å². The van der Waals surface area contributed by atoms with Crippen LogP contribution in [0.15, 0.2) is 28.0 Å². The molecule has 0 amide bonds. The van der Waals surface area contributed by atoms with E-state index in [1.54, 1.807) is 0 Å². The van der Waals surface area contributed by atoms with Crippen LogP contribution in [0.4, 0.5) is 0 Å². The molecule has 7 nitrogen and oxygen atoms in total. The summed E-state index contributed by atoms with van der Waals surface area (Å²) in [6.45, 7) is 2.56. The number of nitrogens with zero attached hydrogens (tertiary/aromatic N) is 1. The maximum Gasteiger partial charge on any atom is 0.247 e. The lowest BCUT2D eigenvalue weighted by atomic mass is 10.1. The second-order valence-electron chi connectivity index (χ2n) is 5.85. The van der Waals surface area contributed by atoms with Gasteiger partial charge in [0.15, 0.2) is 9.84 Å². The van der Waals surface area contributed by atoms with E-state index in [9.17, 15) is 16.8 Å². The minimum absolute atomic E-state index is 0. The molecule has 0 radical (unpaired) electrons. The molecule has 1 aromatic rings. The van der Waals surface area contributed by atoms with Gasteiger partial charge in [-0.2, -0.15) is 4.31 Å². The van der Waals surface area contributed by atoms with Crippen molar-refractivity contribution in [3.05, 3.63) is 18.2 Å². The number of hydrogen-bond donors (Lipinski definition) is 1. The van der Waals surface area contributed by atoms with Crippen molar-refractivity contribution in [2.75, 3.05) is 26.5 Å². The molecule has 0 spiro atoms. The molecule has 0 saturated carbocycles. The summed E-state index contributed by atoms with van der Waals surface area (Å²) in [4.78, 5) is -0.188. The molecular weight excluding hydrogens is 376 g/mol. The molecule has 1 aliphatic rings. The van der Waals surface area contributed by atoms with Crippen LogP contribution in [0.2, 0.25) is 0 Å². The topological polar surface area (TPSA) is 107 Å². The van der Waals surface area contributed by atoms with E-state index in [1.165, 1.54) is 23.5 Å². The smallest absolute Gasteiger partial charge is 0.247 e. The van der Waals surface area contributed by atoms with Gasteiger partial charge in [0.25, 0.3) is 0 Å². The Morgan fingerprint density at radius 3 is 2.38 bits per heavy atom. The maximum absolute atomic E-state index is 13.0. The van der Waals surface area contributed by atoms with Crippen molar-refractivity contribution in [2.24, 2.45) is 11.7 Å². The molecule has 10 heteroatoms. The third-order valence-corrected chi connectivity index (χ3v) is 7.20. The van der Waals surface area contributed by atoms with Crippen LogP contribution in [0.5, 0.6) is 5.75 Å². The van der Waals surface area contributed by atoms with Crippen molar-refractivity contribution >= 4 is 32.3 Å². The van der Waals surface area contributed by atoms with Gasteiger partial charge in [-0.15, -0.1) is 12.4 Å². The quantitative estimate of drug-likeness (QED) is 0.788. The van der Waals surface area contributed by atoms with E-state index < -0.39 is 19.9 Å². The summed E-state index contributed by atoms with van der Waals surface area (Å²) >= 11 is 0. The summed E-state index contributed by atoms with van der Waals surface area (Å²) in [5, 5.41) is 0. The standard InChI is InChI=1S/C14H22N2O5S2.ClH/c1-10-6-11(8-15)9-16(10)23(19,20)14-7-12(22(3,17)18)4-5-13(14)21-2;/h4-5,7,10-11H,6,8-9,15H2,1-3H3;1H. The minimum Gasteiger partial charge on any atom is -0.495 e. The van der Waals surface area contributed by atoms with Gasteiger partial charge in [0.05, 0.1) is 12.0 Å². The zero-order valence-electron chi connectivity index (χ0n) is 13.8. The van der Waals surface area contributed by atoms with Gasteiger partial charge in [-0.25, -0.2) is 16.8 Å². The van der Waals surface area contributed by atoms with Crippen LogP contribution in [0.25, 0.3) is 0 Å². The fraction of sp³-hybridized carbons (Fsp3) is 0.571. The highest BCUT2D eigenvalue weighted by molar-refractivity contribution is 7.91. The fourth-order valence-corrected chi connectivity index (χ4v) is 5.45. The number of ether oxygens (including phenoxy) is 1. The summed E-state index contributed by atoms with van der Waals surface area (Å²) in [6, 6.07) is 3.67. The van der Waals surface area contributed by atoms with Crippen LogP contribution in [0.1, 0.15) is 13.3 Å². The maximum atomic E-state index is 13.0. The molecule has 0 aromatic heterocycles. The molecule has 2 rings (SSSR count). The van der Waals surface area contributed by atoms with Crippen LogP contribution < -0.4 is 10.5 Å². The fourth-order valence-electron chi connectivity index (χ4n) is 2.83. The molecule has 1 heterocycles. The van der Waals surface area contributed by atoms with Gasteiger partial charge in [0.1, 0.15) is 10.6 Å². The molecule has 1 aromatic carbocycles. The summed E-state index contributed by atoms with van der Waals surface area (Å²) in [5.41, 5.74) is 5.65. The van der Waals surface area contributed by atoms with E-state index in [0.717, 1.165) is 12.3 Å². The zero-order chi connectivity index (χ0) is 17.4. The lowest BCUT2D eigenvalue weighted by molar-refractivity contribution is 0.384. The highest BCUT2D eigenvalue weighted by Crippen LogP contribution is 2.34. The number of sulfone groups is 1. The molecule has 1 aliphatic heterocycles. The van der Waals surface area contributed by atoms with E-state index >= 15 is 0 Å². The number of hydrogen-bond acceptors (Lipinski definition) is 6. The lowest BCUT2D eigenvalue weighted by Gasteiger charge is -2.22. The van der Waals surface area contributed by atoms with E-state index in [2.05, 4.69) is 0 Å². The van der Waals surface area contributed by atoms with Gasteiger partial charge in [-0.1, -0.05) is 0 Å². The molecule has 0 aliphatic carbocycles. The van der Waals surface area contributed by atoms with Crippen LogP contribution in [-0.4, -0.2) is 53.6 Å². The Kier molecular flexibility index (Phi) is 6.68. The van der Waals surface area contributed by atoms with Crippen LogP contribution in [0, 0.1) is 5.92 Å². The Morgan fingerprint density at radius 1 is 1.29 bits per heavy atom. The lowest BCUT2D eigenvalue weighted by Crippen LogP contribution is -2.34. The Hall–Kier alpha value is -0.870. The highest BCUT2D eigenvalue weighted by Gasteiger charge is 2.39. The third kappa shape index (κ3) is 4.02. The first-order valence-corrected chi connectivity index (χ1v) is 10.5. The van der Waals surface area contributed by atoms with E-state index in [4.69, 9.17) is 10.5 Å². The van der Waals surface area contributed by atoms with Crippen molar-refractivity contribution in [3.8, 4) is 5.75 Å². The van der Waals surface area contributed by atoms with Crippen molar-refractivity contribution in [1.29, 1.82) is 0 Å². The molecule has 1 fully saturated rings.